The van der Waals surface area contributed by atoms with Crippen LogP contribution in [0.4, 0.5) is 0 Å². The van der Waals surface area contributed by atoms with Gasteiger partial charge in [0.25, 0.3) is 0 Å². The molecule has 1 N–H and O–H groups in total. The van der Waals surface area contributed by atoms with Crippen LogP contribution in [0.25, 0.3) is 11.8 Å². The van der Waals surface area contributed by atoms with Gasteiger partial charge in [-0.15, -0.1) is 0 Å². The average molecular weight is 280 g/mol. The Morgan fingerprint density at radius 1 is 1.29 bits per heavy atom. The van der Waals surface area contributed by atoms with Crippen molar-refractivity contribution in [1.82, 2.24) is 4.57 Å². The molecule has 21 heavy (non-hydrogen) atoms. The maximum Gasteiger partial charge on any atom is 0.346 e. The van der Waals surface area contributed by atoms with Crippen molar-refractivity contribution < 1.29 is 9.90 Å². The molecular formula is C17H16N2O2. The number of benzene rings is 1. The molecule has 0 radical (unpaired) electrons. The second-order valence-corrected chi connectivity index (χ2v) is 4.98. The van der Waals surface area contributed by atoms with Crippen LogP contribution < -0.4 is 0 Å². The van der Waals surface area contributed by atoms with E-state index in [2.05, 4.69) is 10.6 Å². The summed E-state index contributed by atoms with van der Waals surface area (Å²) in [5.74, 6) is -1.21. The Balaban J connectivity index is 2.58. The van der Waals surface area contributed by atoms with Crippen LogP contribution in [0.1, 0.15) is 22.5 Å². The second-order valence-electron chi connectivity index (χ2n) is 4.98. The van der Waals surface area contributed by atoms with Crippen molar-refractivity contribution in [3.63, 3.8) is 0 Å². The molecule has 1 aromatic heterocycles. The molecule has 0 aliphatic carbocycles. The summed E-state index contributed by atoms with van der Waals surface area (Å²) in [4.78, 5) is 11.0. The monoisotopic (exact) mass is 280 g/mol. The lowest BCUT2D eigenvalue weighted by atomic mass is 10.1. The topological polar surface area (TPSA) is 66.0 Å². The minimum absolute atomic E-state index is 0.264. The number of hydrogen-bond acceptors (Lipinski definition) is 2. The van der Waals surface area contributed by atoms with E-state index in [1.54, 1.807) is 6.07 Å². The molecule has 1 aromatic carbocycles. The predicted octanol–water partition coefficient (Wildman–Crippen LogP) is 3.39. The van der Waals surface area contributed by atoms with Crippen molar-refractivity contribution in [3.05, 3.63) is 58.4 Å². The summed E-state index contributed by atoms with van der Waals surface area (Å²) in [6, 6.07) is 11.7. The molecule has 0 saturated heterocycles. The number of carboxylic acids is 1. The molecule has 1 heterocycles. The first kappa shape index (κ1) is 14.6. The third kappa shape index (κ3) is 2.87. The fourth-order valence-corrected chi connectivity index (χ4v) is 2.40. The van der Waals surface area contributed by atoms with E-state index in [0.717, 1.165) is 28.2 Å². The zero-order chi connectivity index (χ0) is 15.6. The fraction of sp³-hybridized carbons (Fsp3) is 0.176. The lowest BCUT2D eigenvalue weighted by Gasteiger charge is -2.10. The number of aromatic nitrogens is 1. The summed E-state index contributed by atoms with van der Waals surface area (Å²) in [6.45, 7) is 5.90. The number of nitriles is 1. The quantitative estimate of drug-likeness (QED) is 0.692. The first-order chi connectivity index (χ1) is 9.93. The summed E-state index contributed by atoms with van der Waals surface area (Å²) >= 11 is 0. The molecule has 4 nitrogen and oxygen atoms in total. The SMILES string of the molecule is Cc1cccc(-n2c(C)cc(C=C(C#N)C(=O)O)c2C)c1. The molecule has 0 aliphatic heterocycles. The molecule has 0 atom stereocenters. The highest BCUT2D eigenvalue weighted by Gasteiger charge is 2.12. The minimum Gasteiger partial charge on any atom is -0.477 e. The zero-order valence-electron chi connectivity index (χ0n) is 12.2. The fourth-order valence-electron chi connectivity index (χ4n) is 2.40. The maximum absolute atomic E-state index is 11.0. The molecule has 0 fully saturated rings. The van der Waals surface area contributed by atoms with Crippen LogP contribution in [0.15, 0.2) is 35.9 Å². The van der Waals surface area contributed by atoms with E-state index in [0.29, 0.717) is 0 Å². The Morgan fingerprint density at radius 2 is 2.00 bits per heavy atom. The number of aryl methyl sites for hydroxylation is 2. The third-order valence-corrected chi connectivity index (χ3v) is 3.38. The molecule has 106 valence electrons. The Morgan fingerprint density at radius 3 is 2.57 bits per heavy atom. The van der Waals surface area contributed by atoms with E-state index < -0.39 is 5.97 Å². The molecule has 0 amide bonds. The van der Waals surface area contributed by atoms with Crippen LogP contribution in [0, 0.1) is 32.1 Å². The highest BCUT2D eigenvalue weighted by atomic mass is 16.4. The van der Waals surface area contributed by atoms with Gasteiger partial charge in [-0.3, -0.25) is 0 Å². The number of rotatable bonds is 3. The van der Waals surface area contributed by atoms with Crippen LogP contribution in [-0.4, -0.2) is 15.6 Å². The highest BCUT2D eigenvalue weighted by Crippen LogP contribution is 2.23. The summed E-state index contributed by atoms with van der Waals surface area (Å²) in [5, 5.41) is 17.8. The second kappa shape index (κ2) is 5.68. The molecule has 2 rings (SSSR count). The molecule has 0 bridgehead atoms. The van der Waals surface area contributed by atoms with Crippen LogP contribution in [0.5, 0.6) is 0 Å². The Bertz CT molecular complexity index is 777. The lowest BCUT2D eigenvalue weighted by molar-refractivity contribution is -0.132. The number of hydrogen-bond donors (Lipinski definition) is 1. The minimum atomic E-state index is -1.21. The van der Waals surface area contributed by atoms with Crippen molar-refractivity contribution in [2.24, 2.45) is 0 Å². The van der Waals surface area contributed by atoms with E-state index in [1.807, 2.05) is 45.0 Å². The molecular weight excluding hydrogens is 264 g/mol. The number of carbonyl (C=O) groups is 1. The Kier molecular flexibility index (Phi) is 3.95. The highest BCUT2D eigenvalue weighted by molar-refractivity contribution is 5.96. The van der Waals surface area contributed by atoms with Crippen molar-refractivity contribution in [3.8, 4) is 11.8 Å². The average Bonchev–Trinajstić information content (AvgIpc) is 2.70. The Hall–Kier alpha value is -2.80. The van der Waals surface area contributed by atoms with E-state index in [4.69, 9.17) is 10.4 Å². The van der Waals surface area contributed by atoms with Gasteiger partial charge in [-0.1, -0.05) is 12.1 Å². The first-order valence-electron chi connectivity index (χ1n) is 6.55. The molecule has 0 aliphatic rings. The van der Waals surface area contributed by atoms with Gasteiger partial charge >= 0.3 is 5.97 Å². The van der Waals surface area contributed by atoms with E-state index in [-0.39, 0.29) is 5.57 Å². The lowest BCUT2D eigenvalue weighted by Crippen LogP contribution is -2.00. The summed E-state index contributed by atoms with van der Waals surface area (Å²) < 4.78 is 2.05. The Labute approximate surface area is 123 Å². The number of nitrogens with zero attached hydrogens (tertiary/aromatic N) is 2. The van der Waals surface area contributed by atoms with Crippen molar-refractivity contribution >= 4 is 12.0 Å². The summed E-state index contributed by atoms with van der Waals surface area (Å²) in [6.07, 6.45) is 1.41. The van der Waals surface area contributed by atoms with Gasteiger partial charge in [0.15, 0.2) is 0 Å². The van der Waals surface area contributed by atoms with Crippen molar-refractivity contribution in [2.75, 3.05) is 0 Å². The van der Waals surface area contributed by atoms with Gasteiger partial charge in [0.2, 0.25) is 0 Å². The maximum atomic E-state index is 11.0. The van der Waals surface area contributed by atoms with Crippen molar-refractivity contribution in [2.45, 2.75) is 20.8 Å². The predicted molar refractivity (Wildman–Crippen MR) is 81.2 cm³/mol. The van der Waals surface area contributed by atoms with Gasteiger partial charge in [-0.05, 0) is 56.2 Å². The molecule has 0 unspecified atom stereocenters. The van der Waals surface area contributed by atoms with E-state index in [9.17, 15) is 4.79 Å². The van der Waals surface area contributed by atoms with Crippen LogP contribution in [-0.2, 0) is 4.79 Å². The van der Waals surface area contributed by atoms with Crippen molar-refractivity contribution in [1.29, 1.82) is 5.26 Å². The van der Waals surface area contributed by atoms with Crippen LogP contribution >= 0.6 is 0 Å². The van der Waals surface area contributed by atoms with Crippen LogP contribution in [0.3, 0.4) is 0 Å². The van der Waals surface area contributed by atoms with E-state index >= 15 is 0 Å². The number of aliphatic carboxylic acids is 1. The third-order valence-electron chi connectivity index (χ3n) is 3.38. The summed E-state index contributed by atoms with van der Waals surface area (Å²) in [5.41, 5.74) is 4.56. The smallest absolute Gasteiger partial charge is 0.346 e. The number of carboxylic acid groups (broad SMARTS) is 1. The summed E-state index contributed by atoms with van der Waals surface area (Å²) in [7, 11) is 0. The van der Waals surface area contributed by atoms with Gasteiger partial charge < -0.3 is 9.67 Å². The van der Waals surface area contributed by atoms with Crippen LogP contribution in [0.2, 0.25) is 0 Å². The van der Waals surface area contributed by atoms with E-state index in [1.165, 1.54) is 6.08 Å². The van der Waals surface area contributed by atoms with Gasteiger partial charge in [-0.2, -0.15) is 5.26 Å². The molecule has 0 spiro atoms. The standard InChI is InChI=1S/C17H16N2O2/c1-11-5-4-6-16(7-11)19-12(2)8-14(13(19)3)9-15(10-18)17(20)21/h4-9H,1-3H3,(H,20,21). The van der Waals surface area contributed by atoms with Gasteiger partial charge in [0.1, 0.15) is 11.6 Å². The normalized spacial score (nSPS) is 11.2. The molecule has 2 aromatic rings. The molecule has 0 saturated carbocycles. The zero-order valence-corrected chi connectivity index (χ0v) is 12.2. The molecule has 4 heteroatoms. The largest absolute Gasteiger partial charge is 0.477 e. The van der Waals surface area contributed by atoms with Gasteiger partial charge in [0, 0.05) is 17.1 Å². The van der Waals surface area contributed by atoms with Gasteiger partial charge in [-0.25, -0.2) is 4.79 Å². The van der Waals surface area contributed by atoms with Gasteiger partial charge in [0.05, 0.1) is 0 Å². The first-order valence-corrected chi connectivity index (χ1v) is 6.55.